The zero-order valence-corrected chi connectivity index (χ0v) is 16.9. The summed E-state index contributed by atoms with van der Waals surface area (Å²) in [6.07, 6.45) is 2.83. The fourth-order valence-electron chi connectivity index (χ4n) is 5.41. The van der Waals surface area contributed by atoms with Gasteiger partial charge in [-0.1, -0.05) is 12.1 Å². The number of carbonyl (C=O) groups excluding carboxylic acids is 1. The molecule has 3 aliphatic rings. The molecule has 1 aromatic carbocycles. The van der Waals surface area contributed by atoms with Gasteiger partial charge in [-0.05, 0) is 60.9 Å². The van der Waals surface area contributed by atoms with Gasteiger partial charge in [-0.2, -0.15) is 4.31 Å². The standard InChI is InChI=1S/C21H23N3O4S/c1-23(18-7-2-3-8-22-18)21(26)13-5-4-6-16(10-13)29(27,28)24-12-15-9-14-11-17(15)19(24)20(14)25/h2-8,10,14-15,17,19-20,25H,9,11-12H2,1H3/t14-,15-,17+,19-,20+/m0/s1. The number of nitrogens with zero attached hydrogens (tertiary/aromatic N) is 3. The molecule has 2 bridgehead atoms. The van der Waals surface area contributed by atoms with E-state index in [1.165, 1.54) is 21.3 Å². The number of benzene rings is 1. The van der Waals surface area contributed by atoms with Gasteiger partial charge < -0.3 is 5.11 Å². The number of aliphatic hydroxyl groups excluding tert-OH is 1. The molecule has 8 heteroatoms. The number of carbonyl (C=O) groups is 1. The molecule has 2 aliphatic carbocycles. The summed E-state index contributed by atoms with van der Waals surface area (Å²) in [6, 6.07) is 11.1. The third-order valence-electron chi connectivity index (χ3n) is 6.79. The largest absolute Gasteiger partial charge is 0.391 e. The van der Waals surface area contributed by atoms with Crippen molar-refractivity contribution in [2.75, 3.05) is 18.5 Å². The summed E-state index contributed by atoms with van der Waals surface area (Å²) in [6.45, 7) is 0.456. The summed E-state index contributed by atoms with van der Waals surface area (Å²) < 4.78 is 28.2. The molecule has 29 heavy (non-hydrogen) atoms. The van der Waals surface area contributed by atoms with Gasteiger partial charge in [0.15, 0.2) is 0 Å². The van der Waals surface area contributed by atoms with Crippen LogP contribution in [0.15, 0.2) is 53.6 Å². The van der Waals surface area contributed by atoms with E-state index in [0.717, 1.165) is 12.8 Å². The Bertz CT molecular complexity index is 1060. The van der Waals surface area contributed by atoms with Crippen LogP contribution in [0.2, 0.25) is 0 Å². The van der Waals surface area contributed by atoms with Gasteiger partial charge in [0.25, 0.3) is 5.91 Å². The van der Waals surface area contributed by atoms with E-state index in [1.807, 2.05) is 0 Å². The number of rotatable bonds is 4. The molecule has 1 amide bonds. The van der Waals surface area contributed by atoms with E-state index >= 15 is 0 Å². The maximum atomic E-state index is 13.4. The summed E-state index contributed by atoms with van der Waals surface area (Å²) in [4.78, 5) is 18.5. The first-order chi connectivity index (χ1) is 13.9. The van der Waals surface area contributed by atoms with Crippen molar-refractivity contribution in [3.05, 3.63) is 54.2 Å². The van der Waals surface area contributed by atoms with Crippen LogP contribution in [0.4, 0.5) is 5.82 Å². The van der Waals surface area contributed by atoms with Crippen LogP contribution >= 0.6 is 0 Å². The van der Waals surface area contributed by atoms with E-state index in [9.17, 15) is 18.3 Å². The van der Waals surface area contributed by atoms with E-state index in [4.69, 9.17) is 0 Å². The van der Waals surface area contributed by atoms with E-state index in [2.05, 4.69) is 4.98 Å². The summed E-state index contributed by atoms with van der Waals surface area (Å²) >= 11 is 0. The minimum atomic E-state index is -3.79. The molecule has 1 N–H and O–H groups in total. The Hall–Kier alpha value is -2.29. The molecular weight excluding hydrogens is 390 g/mol. The molecule has 2 saturated carbocycles. The number of aromatic nitrogens is 1. The molecule has 1 aliphatic heterocycles. The number of aliphatic hydroxyl groups is 1. The molecule has 5 atom stereocenters. The third-order valence-corrected chi connectivity index (χ3v) is 8.65. The van der Waals surface area contributed by atoms with E-state index in [-0.39, 0.29) is 34.2 Å². The first kappa shape index (κ1) is 18.7. The molecule has 152 valence electrons. The highest BCUT2D eigenvalue weighted by molar-refractivity contribution is 7.89. The molecule has 0 unspecified atom stereocenters. The quantitative estimate of drug-likeness (QED) is 0.825. The molecule has 5 rings (SSSR count). The minimum absolute atomic E-state index is 0.0923. The average molecular weight is 413 g/mol. The zero-order valence-electron chi connectivity index (χ0n) is 16.0. The molecule has 3 fully saturated rings. The van der Waals surface area contributed by atoms with Crippen LogP contribution in [-0.2, 0) is 10.0 Å². The van der Waals surface area contributed by atoms with E-state index < -0.39 is 16.1 Å². The number of pyridine rings is 1. The Labute approximate surface area is 170 Å². The predicted molar refractivity (Wildman–Crippen MR) is 107 cm³/mol. The smallest absolute Gasteiger partial charge is 0.259 e. The predicted octanol–water partition coefficient (Wildman–Crippen LogP) is 1.75. The first-order valence-electron chi connectivity index (χ1n) is 9.87. The number of fused-ring (bicyclic) bond motifs is 1. The van der Waals surface area contributed by atoms with E-state index in [1.54, 1.807) is 43.6 Å². The number of hydrogen-bond acceptors (Lipinski definition) is 5. The van der Waals surface area contributed by atoms with Crippen LogP contribution in [0, 0.1) is 17.8 Å². The number of sulfonamides is 1. The summed E-state index contributed by atoms with van der Waals surface area (Å²) in [7, 11) is -2.18. The second-order valence-corrected chi connectivity index (χ2v) is 10.2. The molecule has 2 aromatic rings. The Morgan fingerprint density at radius 1 is 1.17 bits per heavy atom. The maximum Gasteiger partial charge on any atom is 0.259 e. The van der Waals surface area contributed by atoms with Crippen LogP contribution in [0.1, 0.15) is 23.2 Å². The maximum absolute atomic E-state index is 13.4. The molecule has 1 aromatic heterocycles. The summed E-state index contributed by atoms with van der Waals surface area (Å²) in [5.41, 5.74) is 0.284. The second kappa shape index (κ2) is 6.62. The minimum Gasteiger partial charge on any atom is -0.391 e. The number of hydrogen-bond donors (Lipinski definition) is 1. The molecule has 0 spiro atoms. The highest BCUT2D eigenvalue weighted by Crippen LogP contribution is 2.56. The van der Waals surface area contributed by atoms with Crippen molar-refractivity contribution in [1.29, 1.82) is 0 Å². The van der Waals surface area contributed by atoms with Crippen LogP contribution in [0.5, 0.6) is 0 Å². The number of anilines is 1. The van der Waals surface area contributed by atoms with Crippen LogP contribution in [-0.4, -0.2) is 54.5 Å². The van der Waals surface area contributed by atoms with Crippen LogP contribution < -0.4 is 4.90 Å². The lowest BCUT2D eigenvalue weighted by molar-refractivity contribution is 0.0731. The van der Waals surface area contributed by atoms with Gasteiger partial charge in [-0.25, -0.2) is 13.4 Å². The lowest BCUT2D eigenvalue weighted by Crippen LogP contribution is -2.43. The van der Waals surface area contributed by atoms with Crippen molar-refractivity contribution in [2.45, 2.75) is 29.9 Å². The van der Waals surface area contributed by atoms with E-state index in [0.29, 0.717) is 18.3 Å². The lowest BCUT2D eigenvalue weighted by atomic mass is 9.88. The summed E-state index contributed by atoms with van der Waals surface area (Å²) in [5, 5.41) is 10.6. The molecule has 1 saturated heterocycles. The van der Waals surface area contributed by atoms with Gasteiger partial charge >= 0.3 is 0 Å². The Balaban J connectivity index is 1.44. The highest BCUT2D eigenvalue weighted by atomic mass is 32.2. The van der Waals surface area contributed by atoms with Gasteiger partial charge in [-0.3, -0.25) is 9.69 Å². The molecular formula is C21H23N3O4S. The Kier molecular flexibility index (Phi) is 4.27. The Morgan fingerprint density at radius 2 is 2.00 bits per heavy atom. The SMILES string of the molecule is CN(C(=O)c1cccc(S(=O)(=O)N2C[C@@H]3C[C@H]4C[C@H]3[C@H]2[C@@H]4O)c1)c1ccccn1. The van der Waals surface area contributed by atoms with Crippen LogP contribution in [0.25, 0.3) is 0 Å². The zero-order chi connectivity index (χ0) is 20.3. The van der Waals surface area contributed by atoms with Gasteiger partial charge in [0.05, 0.1) is 17.0 Å². The van der Waals surface area contributed by atoms with Crippen molar-refractivity contribution in [3.8, 4) is 0 Å². The van der Waals surface area contributed by atoms with Gasteiger partial charge in [0.2, 0.25) is 10.0 Å². The lowest BCUT2D eigenvalue weighted by Gasteiger charge is -2.28. The van der Waals surface area contributed by atoms with Gasteiger partial charge in [0.1, 0.15) is 5.82 Å². The van der Waals surface area contributed by atoms with Crippen LogP contribution in [0.3, 0.4) is 0 Å². The fraction of sp³-hybridized carbons (Fsp3) is 0.429. The molecule has 7 nitrogen and oxygen atoms in total. The topological polar surface area (TPSA) is 90.8 Å². The molecule has 2 heterocycles. The van der Waals surface area contributed by atoms with Crippen molar-refractivity contribution in [3.63, 3.8) is 0 Å². The number of amides is 1. The van der Waals surface area contributed by atoms with Crippen molar-refractivity contribution < 1.29 is 18.3 Å². The first-order valence-corrected chi connectivity index (χ1v) is 11.3. The Morgan fingerprint density at radius 3 is 2.72 bits per heavy atom. The monoisotopic (exact) mass is 413 g/mol. The fourth-order valence-corrected chi connectivity index (χ4v) is 7.20. The molecule has 0 radical (unpaired) electrons. The van der Waals surface area contributed by atoms with Crippen molar-refractivity contribution in [1.82, 2.24) is 9.29 Å². The normalized spacial score (nSPS) is 30.6. The van der Waals surface area contributed by atoms with Crippen molar-refractivity contribution in [2.24, 2.45) is 17.8 Å². The van der Waals surface area contributed by atoms with Gasteiger partial charge in [-0.15, -0.1) is 0 Å². The van der Waals surface area contributed by atoms with Gasteiger partial charge in [0, 0.05) is 25.4 Å². The second-order valence-electron chi connectivity index (χ2n) is 8.29. The highest BCUT2D eigenvalue weighted by Gasteiger charge is 2.61. The van der Waals surface area contributed by atoms with Crippen molar-refractivity contribution >= 4 is 21.7 Å². The third kappa shape index (κ3) is 2.81. The summed E-state index contributed by atoms with van der Waals surface area (Å²) in [5.74, 6) is 0.966. The average Bonchev–Trinajstić information content (AvgIpc) is 3.37.